The van der Waals surface area contributed by atoms with E-state index in [1.165, 1.54) is 22.0 Å². The minimum Gasteiger partial charge on any atom is -0.309 e. The maximum Gasteiger partial charge on any atom is 0.0829 e. The van der Waals surface area contributed by atoms with Gasteiger partial charge in [-0.1, -0.05) is 25.3 Å². The highest BCUT2D eigenvalue weighted by Crippen LogP contribution is 2.29. The van der Waals surface area contributed by atoms with Gasteiger partial charge in [0.25, 0.3) is 0 Å². The van der Waals surface area contributed by atoms with E-state index in [0.717, 1.165) is 29.6 Å². The summed E-state index contributed by atoms with van der Waals surface area (Å²) in [5.41, 5.74) is 2.32. The molecule has 0 saturated heterocycles. The monoisotopic (exact) mass is 368 g/mol. The normalized spacial score (nSPS) is 12.8. The molecule has 21 heavy (non-hydrogen) atoms. The molecule has 0 aromatic carbocycles. The molecule has 6 heteroatoms. The second-order valence-corrected chi connectivity index (χ2v) is 7.10. The molecule has 2 rings (SSSR count). The van der Waals surface area contributed by atoms with Crippen molar-refractivity contribution in [1.29, 1.82) is 0 Å². The highest BCUT2D eigenvalue weighted by Gasteiger charge is 2.21. The van der Waals surface area contributed by atoms with Crippen LogP contribution in [0.3, 0.4) is 0 Å². The summed E-state index contributed by atoms with van der Waals surface area (Å²) in [4.78, 5) is 5.50. The fraction of sp³-hybridized carbons (Fsp3) is 0.533. The Hall–Kier alpha value is -0.850. The summed E-state index contributed by atoms with van der Waals surface area (Å²) in [5, 5.41) is 7.93. The molecule has 0 aliphatic carbocycles. The molecule has 4 nitrogen and oxygen atoms in total. The lowest BCUT2D eigenvalue weighted by molar-refractivity contribution is 0.528. The first-order valence-electron chi connectivity index (χ1n) is 7.26. The molecule has 0 amide bonds. The van der Waals surface area contributed by atoms with Crippen molar-refractivity contribution in [3.63, 3.8) is 0 Å². The standard InChI is InChI=1S/C15H21BrN4S/c1-4-5-18-13(7-11-6-12(16)9-17-8-11)15-14(10(2)3)19-20-21-15/h6,8-10,13,18H,4-5,7H2,1-3H3. The Bertz CT molecular complexity index is 570. The Balaban J connectivity index is 2.23. The molecule has 0 aliphatic heterocycles. The van der Waals surface area contributed by atoms with Gasteiger partial charge in [0.15, 0.2) is 0 Å². The Labute approximate surface area is 138 Å². The summed E-state index contributed by atoms with van der Waals surface area (Å²) >= 11 is 4.99. The van der Waals surface area contributed by atoms with Crippen LogP contribution in [-0.2, 0) is 6.42 Å². The van der Waals surface area contributed by atoms with Crippen molar-refractivity contribution in [2.24, 2.45) is 0 Å². The molecule has 0 aliphatic rings. The zero-order chi connectivity index (χ0) is 15.2. The maximum atomic E-state index is 4.31. The number of hydrogen-bond donors (Lipinski definition) is 1. The molecular formula is C15H21BrN4S. The van der Waals surface area contributed by atoms with E-state index in [4.69, 9.17) is 0 Å². The van der Waals surface area contributed by atoms with Crippen molar-refractivity contribution in [1.82, 2.24) is 19.9 Å². The van der Waals surface area contributed by atoms with Crippen molar-refractivity contribution in [3.8, 4) is 0 Å². The first kappa shape index (κ1) is 16.5. The Kier molecular flexibility index (Phi) is 6.26. The minimum atomic E-state index is 0.249. The van der Waals surface area contributed by atoms with Gasteiger partial charge in [-0.15, -0.1) is 5.10 Å². The van der Waals surface area contributed by atoms with Crippen LogP contribution in [-0.4, -0.2) is 21.1 Å². The Morgan fingerprint density at radius 1 is 1.33 bits per heavy atom. The first-order valence-corrected chi connectivity index (χ1v) is 8.83. The zero-order valence-electron chi connectivity index (χ0n) is 12.6. The summed E-state index contributed by atoms with van der Waals surface area (Å²) in [7, 11) is 0. The maximum absolute atomic E-state index is 4.31. The number of hydrogen-bond acceptors (Lipinski definition) is 5. The number of rotatable bonds is 7. The molecule has 2 aromatic heterocycles. The first-order chi connectivity index (χ1) is 10.1. The Morgan fingerprint density at radius 2 is 2.14 bits per heavy atom. The van der Waals surface area contributed by atoms with Gasteiger partial charge in [-0.05, 0) is 64.4 Å². The smallest absolute Gasteiger partial charge is 0.0829 e. The number of nitrogens with zero attached hydrogens (tertiary/aromatic N) is 3. The molecule has 114 valence electrons. The van der Waals surface area contributed by atoms with Crippen molar-refractivity contribution in [3.05, 3.63) is 39.1 Å². The molecule has 2 heterocycles. The molecule has 0 fully saturated rings. The third-order valence-electron chi connectivity index (χ3n) is 3.25. The highest BCUT2D eigenvalue weighted by atomic mass is 79.9. The molecule has 0 saturated carbocycles. The summed E-state index contributed by atoms with van der Waals surface area (Å²) in [6.45, 7) is 7.50. The van der Waals surface area contributed by atoms with Gasteiger partial charge in [0.2, 0.25) is 0 Å². The quantitative estimate of drug-likeness (QED) is 0.798. The van der Waals surface area contributed by atoms with Crippen LogP contribution in [0.15, 0.2) is 22.9 Å². The molecule has 1 N–H and O–H groups in total. The summed E-state index contributed by atoms with van der Waals surface area (Å²) < 4.78 is 5.17. The fourth-order valence-corrected chi connectivity index (χ4v) is 3.52. The van der Waals surface area contributed by atoms with E-state index in [0.29, 0.717) is 5.92 Å². The lowest BCUT2D eigenvalue weighted by Gasteiger charge is -2.18. The molecular weight excluding hydrogens is 348 g/mol. The van der Waals surface area contributed by atoms with Gasteiger partial charge < -0.3 is 5.32 Å². The van der Waals surface area contributed by atoms with E-state index in [1.54, 1.807) is 0 Å². The van der Waals surface area contributed by atoms with Gasteiger partial charge in [-0.3, -0.25) is 4.98 Å². The third-order valence-corrected chi connectivity index (χ3v) is 4.53. The predicted molar refractivity (Wildman–Crippen MR) is 90.7 cm³/mol. The SMILES string of the molecule is CCCNC(Cc1cncc(Br)c1)c1snnc1C(C)C. The molecule has 0 bridgehead atoms. The van der Waals surface area contributed by atoms with E-state index in [9.17, 15) is 0 Å². The van der Waals surface area contributed by atoms with Crippen molar-refractivity contribution in [2.75, 3.05) is 6.54 Å². The van der Waals surface area contributed by atoms with E-state index in [-0.39, 0.29) is 6.04 Å². The highest BCUT2D eigenvalue weighted by molar-refractivity contribution is 9.10. The number of aromatic nitrogens is 3. The summed E-state index contributed by atoms with van der Waals surface area (Å²) in [6.07, 6.45) is 5.74. The molecule has 2 aromatic rings. The van der Waals surface area contributed by atoms with E-state index >= 15 is 0 Å². The van der Waals surface area contributed by atoms with E-state index in [2.05, 4.69) is 62.7 Å². The number of nitrogens with one attached hydrogen (secondary N) is 1. The van der Waals surface area contributed by atoms with Crippen LogP contribution in [0.4, 0.5) is 0 Å². The zero-order valence-corrected chi connectivity index (χ0v) is 15.0. The van der Waals surface area contributed by atoms with Crippen molar-refractivity contribution in [2.45, 2.75) is 45.6 Å². The van der Waals surface area contributed by atoms with E-state index < -0.39 is 0 Å². The summed E-state index contributed by atoms with van der Waals surface area (Å²) in [6, 6.07) is 2.37. The Morgan fingerprint density at radius 3 is 2.81 bits per heavy atom. The van der Waals surface area contributed by atoms with Crippen LogP contribution in [0.25, 0.3) is 0 Å². The third kappa shape index (κ3) is 4.56. The van der Waals surface area contributed by atoms with Crippen LogP contribution in [0.1, 0.15) is 55.3 Å². The van der Waals surface area contributed by atoms with Crippen LogP contribution in [0.5, 0.6) is 0 Å². The number of halogens is 1. The molecule has 1 atom stereocenters. The number of pyridine rings is 1. The minimum absolute atomic E-state index is 0.249. The van der Waals surface area contributed by atoms with Gasteiger partial charge in [-0.25, -0.2) is 0 Å². The molecule has 1 unspecified atom stereocenters. The van der Waals surface area contributed by atoms with Crippen molar-refractivity contribution < 1.29 is 0 Å². The van der Waals surface area contributed by atoms with E-state index in [1.807, 2.05) is 12.4 Å². The molecule has 0 radical (unpaired) electrons. The fourth-order valence-electron chi connectivity index (χ4n) is 2.23. The second-order valence-electron chi connectivity index (χ2n) is 5.40. The second kappa shape index (κ2) is 7.96. The molecule has 0 spiro atoms. The van der Waals surface area contributed by atoms with Gasteiger partial charge >= 0.3 is 0 Å². The van der Waals surface area contributed by atoms with Crippen LogP contribution in [0.2, 0.25) is 0 Å². The average Bonchev–Trinajstić information content (AvgIpc) is 2.93. The van der Waals surface area contributed by atoms with Crippen molar-refractivity contribution >= 4 is 27.5 Å². The van der Waals surface area contributed by atoms with Gasteiger partial charge in [0, 0.05) is 22.9 Å². The van der Waals surface area contributed by atoms with Crippen LogP contribution in [0, 0.1) is 0 Å². The largest absolute Gasteiger partial charge is 0.309 e. The summed E-state index contributed by atoms with van der Waals surface area (Å²) in [5.74, 6) is 0.394. The van der Waals surface area contributed by atoms with Crippen LogP contribution < -0.4 is 5.32 Å². The topological polar surface area (TPSA) is 50.7 Å². The average molecular weight is 369 g/mol. The lowest BCUT2D eigenvalue weighted by atomic mass is 10.0. The predicted octanol–water partition coefficient (Wildman–Crippen LogP) is 4.10. The van der Waals surface area contributed by atoms with Crippen LogP contribution >= 0.6 is 27.5 Å². The lowest BCUT2D eigenvalue weighted by Crippen LogP contribution is -2.24. The van der Waals surface area contributed by atoms with Gasteiger partial charge in [0.05, 0.1) is 10.6 Å². The van der Waals surface area contributed by atoms with Gasteiger partial charge in [-0.2, -0.15) is 0 Å². The van der Waals surface area contributed by atoms with Gasteiger partial charge in [0.1, 0.15) is 0 Å².